The number of nitrogens with two attached hydrogens (primary N) is 1. The molecule has 0 spiro atoms. The van der Waals surface area contributed by atoms with Gasteiger partial charge >= 0.3 is 0 Å². The van der Waals surface area contributed by atoms with Crippen LogP contribution in [0.2, 0.25) is 0 Å². The van der Waals surface area contributed by atoms with Crippen molar-refractivity contribution in [2.45, 2.75) is 33.2 Å². The van der Waals surface area contributed by atoms with Gasteiger partial charge in [0.05, 0.1) is 5.69 Å². The highest BCUT2D eigenvalue weighted by Gasteiger charge is 2.00. The summed E-state index contributed by atoms with van der Waals surface area (Å²) in [5.41, 5.74) is 6.41. The molecule has 0 bridgehead atoms. The molecule has 0 amide bonds. The first kappa shape index (κ1) is 10.1. The van der Waals surface area contributed by atoms with E-state index in [9.17, 15) is 0 Å². The van der Waals surface area contributed by atoms with Crippen LogP contribution in [0.15, 0.2) is 12.3 Å². The molecule has 0 saturated carbocycles. The van der Waals surface area contributed by atoms with Crippen LogP contribution in [-0.4, -0.2) is 9.97 Å². The van der Waals surface area contributed by atoms with E-state index < -0.39 is 0 Å². The van der Waals surface area contributed by atoms with E-state index in [1.165, 1.54) is 0 Å². The SMILES string of the molecule is CC(C)CCc1nccc(CN)n1. The van der Waals surface area contributed by atoms with Crippen LogP contribution in [0.1, 0.15) is 31.8 Å². The zero-order chi connectivity index (χ0) is 9.68. The molecule has 1 aromatic rings. The van der Waals surface area contributed by atoms with Crippen molar-refractivity contribution in [1.82, 2.24) is 9.97 Å². The van der Waals surface area contributed by atoms with Crippen LogP contribution < -0.4 is 5.73 Å². The average molecular weight is 179 g/mol. The molecule has 0 unspecified atom stereocenters. The van der Waals surface area contributed by atoms with E-state index in [0.29, 0.717) is 12.5 Å². The van der Waals surface area contributed by atoms with Gasteiger partial charge in [-0.1, -0.05) is 13.8 Å². The molecule has 2 N–H and O–H groups in total. The second-order valence-corrected chi connectivity index (χ2v) is 3.60. The summed E-state index contributed by atoms with van der Waals surface area (Å²) in [5.74, 6) is 1.61. The molecule has 0 aliphatic rings. The van der Waals surface area contributed by atoms with Gasteiger partial charge in [-0.25, -0.2) is 9.97 Å². The molecule has 3 nitrogen and oxygen atoms in total. The van der Waals surface area contributed by atoms with Crippen molar-refractivity contribution in [2.75, 3.05) is 0 Å². The molecule has 0 atom stereocenters. The second kappa shape index (κ2) is 4.92. The molecule has 0 aliphatic carbocycles. The van der Waals surface area contributed by atoms with Crippen LogP contribution >= 0.6 is 0 Å². The average Bonchev–Trinajstić information content (AvgIpc) is 2.15. The third-order valence-electron chi connectivity index (χ3n) is 1.92. The molecule has 1 aromatic heterocycles. The minimum absolute atomic E-state index is 0.497. The second-order valence-electron chi connectivity index (χ2n) is 3.60. The van der Waals surface area contributed by atoms with Gasteiger partial charge in [0.1, 0.15) is 5.82 Å². The first-order valence-electron chi connectivity index (χ1n) is 4.73. The fraction of sp³-hybridized carbons (Fsp3) is 0.600. The lowest BCUT2D eigenvalue weighted by atomic mass is 10.1. The number of hydrogen-bond donors (Lipinski definition) is 1. The molecular formula is C10H17N3. The molecule has 0 saturated heterocycles. The van der Waals surface area contributed by atoms with Gasteiger partial charge < -0.3 is 5.73 Å². The highest BCUT2D eigenvalue weighted by molar-refractivity contribution is 5.01. The summed E-state index contributed by atoms with van der Waals surface area (Å²) in [7, 11) is 0. The Kier molecular flexibility index (Phi) is 3.83. The molecule has 1 rings (SSSR count). The van der Waals surface area contributed by atoms with Gasteiger partial charge in [-0.05, 0) is 18.4 Å². The van der Waals surface area contributed by atoms with Gasteiger partial charge in [0.15, 0.2) is 0 Å². The summed E-state index contributed by atoms with van der Waals surface area (Å²) < 4.78 is 0. The van der Waals surface area contributed by atoms with Crippen molar-refractivity contribution < 1.29 is 0 Å². The summed E-state index contributed by atoms with van der Waals surface area (Å²) in [4.78, 5) is 8.52. The number of aryl methyl sites for hydroxylation is 1. The van der Waals surface area contributed by atoms with E-state index in [0.717, 1.165) is 24.4 Å². The molecule has 0 fully saturated rings. The highest BCUT2D eigenvalue weighted by atomic mass is 14.9. The van der Waals surface area contributed by atoms with Crippen molar-refractivity contribution in [2.24, 2.45) is 11.7 Å². The fourth-order valence-electron chi connectivity index (χ4n) is 1.09. The van der Waals surface area contributed by atoms with E-state index in [1.54, 1.807) is 6.20 Å². The fourth-order valence-corrected chi connectivity index (χ4v) is 1.09. The highest BCUT2D eigenvalue weighted by Crippen LogP contribution is 2.05. The topological polar surface area (TPSA) is 51.8 Å². The number of rotatable bonds is 4. The van der Waals surface area contributed by atoms with Gasteiger partial charge in [-0.15, -0.1) is 0 Å². The standard InChI is InChI=1S/C10H17N3/c1-8(2)3-4-10-12-6-5-9(7-11)13-10/h5-6,8H,3-4,7,11H2,1-2H3. The van der Waals surface area contributed by atoms with Gasteiger partial charge in [-0.2, -0.15) is 0 Å². The molecule has 3 heteroatoms. The zero-order valence-electron chi connectivity index (χ0n) is 8.33. The van der Waals surface area contributed by atoms with Crippen LogP contribution in [0.25, 0.3) is 0 Å². The Labute approximate surface area is 79.4 Å². The summed E-state index contributed by atoms with van der Waals surface area (Å²) in [6, 6.07) is 1.86. The molecule has 0 aliphatic heterocycles. The summed E-state index contributed by atoms with van der Waals surface area (Å²) in [6.07, 6.45) is 3.87. The predicted octanol–water partition coefficient (Wildman–Crippen LogP) is 1.52. The van der Waals surface area contributed by atoms with E-state index in [-0.39, 0.29) is 0 Å². The monoisotopic (exact) mass is 179 g/mol. The number of hydrogen-bond acceptors (Lipinski definition) is 3. The Morgan fingerprint density at radius 3 is 2.85 bits per heavy atom. The van der Waals surface area contributed by atoms with Gasteiger partial charge in [0, 0.05) is 19.2 Å². The van der Waals surface area contributed by atoms with E-state index in [2.05, 4.69) is 23.8 Å². The van der Waals surface area contributed by atoms with Crippen LogP contribution in [0, 0.1) is 5.92 Å². The third kappa shape index (κ3) is 3.51. The summed E-state index contributed by atoms with van der Waals surface area (Å²) in [5, 5.41) is 0. The van der Waals surface area contributed by atoms with Crippen molar-refractivity contribution in [1.29, 1.82) is 0 Å². The lowest BCUT2D eigenvalue weighted by molar-refractivity contribution is 0.573. The van der Waals surface area contributed by atoms with Crippen LogP contribution in [0.5, 0.6) is 0 Å². The molecule has 0 radical (unpaired) electrons. The minimum Gasteiger partial charge on any atom is -0.325 e. The maximum Gasteiger partial charge on any atom is 0.128 e. The van der Waals surface area contributed by atoms with Crippen LogP contribution in [0.3, 0.4) is 0 Å². The first-order valence-corrected chi connectivity index (χ1v) is 4.73. The molecule has 72 valence electrons. The van der Waals surface area contributed by atoms with E-state index in [1.807, 2.05) is 6.07 Å². The molecular weight excluding hydrogens is 162 g/mol. The third-order valence-corrected chi connectivity index (χ3v) is 1.92. The molecule has 13 heavy (non-hydrogen) atoms. The van der Waals surface area contributed by atoms with Gasteiger partial charge in [0.25, 0.3) is 0 Å². The number of aromatic nitrogens is 2. The van der Waals surface area contributed by atoms with Crippen molar-refractivity contribution in [3.63, 3.8) is 0 Å². The van der Waals surface area contributed by atoms with Crippen molar-refractivity contribution in [3.8, 4) is 0 Å². The Balaban J connectivity index is 2.56. The molecule has 0 aromatic carbocycles. The van der Waals surface area contributed by atoms with Crippen LogP contribution in [0.4, 0.5) is 0 Å². The van der Waals surface area contributed by atoms with Crippen molar-refractivity contribution >= 4 is 0 Å². The largest absolute Gasteiger partial charge is 0.325 e. The Morgan fingerprint density at radius 1 is 1.46 bits per heavy atom. The van der Waals surface area contributed by atoms with Crippen molar-refractivity contribution in [3.05, 3.63) is 23.8 Å². The molecule has 1 heterocycles. The smallest absolute Gasteiger partial charge is 0.128 e. The Morgan fingerprint density at radius 2 is 2.23 bits per heavy atom. The van der Waals surface area contributed by atoms with Gasteiger partial charge in [0.2, 0.25) is 0 Å². The Hall–Kier alpha value is -0.960. The maximum absolute atomic E-state index is 5.48. The van der Waals surface area contributed by atoms with Crippen LogP contribution in [-0.2, 0) is 13.0 Å². The summed E-state index contributed by atoms with van der Waals surface area (Å²) >= 11 is 0. The van der Waals surface area contributed by atoms with E-state index in [4.69, 9.17) is 5.73 Å². The normalized spacial score (nSPS) is 10.8. The lowest BCUT2D eigenvalue weighted by Crippen LogP contribution is -2.04. The summed E-state index contributed by atoms with van der Waals surface area (Å²) in [6.45, 7) is 4.90. The Bertz CT molecular complexity index is 258. The van der Waals surface area contributed by atoms with Gasteiger partial charge in [-0.3, -0.25) is 0 Å². The van der Waals surface area contributed by atoms with E-state index >= 15 is 0 Å². The zero-order valence-corrected chi connectivity index (χ0v) is 8.33. The minimum atomic E-state index is 0.497. The first-order chi connectivity index (χ1) is 6.22. The predicted molar refractivity (Wildman–Crippen MR) is 53.1 cm³/mol. The lowest BCUT2D eigenvalue weighted by Gasteiger charge is -2.03. The maximum atomic E-state index is 5.48. The quantitative estimate of drug-likeness (QED) is 0.762. The number of nitrogens with zero attached hydrogens (tertiary/aromatic N) is 2.